The number of rotatable bonds is 13. The van der Waals surface area contributed by atoms with Crippen molar-refractivity contribution in [1.82, 2.24) is 0 Å². The molecule has 37 heavy (non-hydrogen) atoms. The molecule has 0 spiro atoms. The number of aliphatic hydroxyl groups is 2. The third-order valence-corrected chi connectivity index (χ3v) is 5.51. The van der Waals surface area contributed by atoms with Gasteiger partial charge in [0.2, 0.25) is 12.6 Å². The summed E-state index contributed by atoms with van der Waals surface area (Å²) in [6, 6.07) is 14.6. The fourth-order valence-electron chi connectivity index (χ4n) is 3.18. The third kappa shape index (κ3) is 9.40. The summed E-state index contributed by atoms with van der Waals surface area (Å²) >= 11 is 0. The quantitative estimate of drug-likeness (QED) is 0.230. The molecule has 2 aromatic rings. The highest BCUT2D eigenvalue weighted by molar-refractivity contribution is 5.87. The van der Waals surface area contributed by atoms with Gasteiger partial charge in [-0.05, 0) is 75.4 Å². The molecule has 0 aliphatic heterocycles. The summed E-state index contributed by atoms with van der Waals surface area (Å²) in [4.78, 5) is 23.2. The molecule has 0 heterocycles. The van der Waals surface area contributed by atoms with Gasteiger partial charge in [0.25, 0.3) is 0 Å². The Hall–Kier alpha value is -3.62. The molecule has 0 bridgehead atoms. The van der Waals surface area contributed by atoms with E-state index in [9.17, 15) is 19.8 Å². The molecule has 0 amide bonds. The van der Waals surface area contributed by atoms with Crippen LogP contribution in [0.15, 0.2) is 72.8 Å². The fourth-order valence-corrected chi connectivity index (χ4v) is 3.18. The van der Waals surface area contributed by atoms with E-state index in [0.29, 0.717) is 11.5 Å². The Labute approximate surface area is 218 Å². The van der Waals surface area contributed by atoms with E-state index in [2.05, 4.69) is 20.1 Å². The lowest BCUT2D eigenvalue weighted by molar-refractivity contribution is -0.163. The van der Waals surface area contributed by atoms with Crippen molar-refractivity contribution in [2.24, 2.45) is 0 Å². The molecule has 2 N–H and O–H groups in total. The SMILES string of the molecule is C=C(C)C(=O)OC(C)C(O)Oc1ccc(CC(C)c2ccc(OC(O)C(C)OC(=O)C(=C)C)cc2)cc1. The summed E-state index contributed by atoms with van der Waals surface area (Å²) in [7, 11) is 0. The van der Waals surface area contributed by atoms with E-state index in [1.54, 1.807) is 24.3 Å². The maximum absolute atomic E-state index is 11.6. The van der Waals surface area contributed by atoms with Crippen LogP contribution in [0.5, 0.6) is 11.5 Å². The van der Waals surface area contributed by atoms with Crippen LogP contribution in [0, 0.1) is 0 Å². The first-order valence-corrected chi connectivity index (χ1v) is 12.0. The number of benzene rings is 2. The van der Waals surface area contributed by atoms with Gasteiger partial charge in [-0.3, -0.25) is 0 Å². The van der Waals surface area contributed by atoms with Crippen LogP contribution in [-0.4, -0.2) is 46.9 Å². The van der Waals surface area contributed by atoms with Gasteiger partial charge in [0, 0.05) is 11.1 Å². The van der Waals surface area contributed by atoms with E-state index in [4.69, 9.17) is 18.9 Å². The minimum atomic E-state index is -1.31. The number of hydrogen-bond donors (Lipinski definition) is 2. The van der Waals surface area contributed by atoms with Crippen molar-refractivity contribution < 1.29 is 38.7 Å². The molecule has 0 aliphatic carbocycles. The molecular formula is C29H36O8. The normalized spacial score (nSPS) is 14.9. The van der Waals surface area contributed by atoms with Gasteiger partial charge in [0.15, 0.2) is 12.2 Å². The average Bonchev–Trinajstić information content (AvgIpc) is 2.85. The standard InChI is InChI=1S/C29H36O8/c1-17(2)26(30)34-20(6)28(32)36-24-12-8-22(9-13-24)16-19(5)23-10-14-25(15-11-23)37-29(33)21(7)35-27(31)18(3)4/h8-15,19-21,28-29,32-33H,1,3,16H2,2,4-7H3. The predicted molar refractivity (Wildman–Crippen MR) is 139 cm³/mol. The van der Waals surface area contributed by atoms with Gasteiger partial charge in [-0.2, -0.15) is 0 Å². The Kier molecular flexibility index (Phi) is 10.9. The highest BCUT2D eigenvalue weighted by Crippen LogP contribution is 2.25. The van der Waals surface area contributed by atoms with E-state index in [1.165, 1.54) is 27.7 Å². The van der Waals surface area contributed by atoms with Crippen LogP contribution in [0.4, 0.5) is 0 Å². The molecule has 200 valence electrons. The Bertz CT molecular complexity index is 1070. The van der Waals surface area contributed by atoms with Gasteiger partial charge < -0.3 is 29.2 Å². The van der Waals surface area contributed by atoms with E-state index in [-0.39, 0.29) is 17.1 Å². The fraction of sp³-hybridized carbons (Fsp3) is 0.379. The number of carbonyl (C=O) groups excluding carboxylic acids is 2. The predicted octanol–water partition coefficient (Wildman–Crippen LogP) is 4.44. The summed E-state index contributed by atoms with van der Waals surface area (Å²) in [6.07, 6.45) is -3.58. The Balaban J connectivity index is 1.89. The van der Waals surface area contributed by atoms with Crippen LogP contribution < -0.4 is 9.47 Å². The maximum atomic E-state index is 11.6. The van der Waals surface area contributed by atoms with Crippen molar-refractivity contribution in [3.05, 3.63) is 84.0 Å². The molecule has 8 heteroatoms. The number of carbonyl (C=O) groups is 2. The smallest absolute Gasteiger partial charge is 0.333 e. The minimum absolute atomic E-state index is 0.188. The van der Waals surface area contributed by atoms with Gasteiger partial charge in [0.05, 0.1) is 0 Å². The van der Waals surface area contributed by atoms with Crippen LogP contribution in [0.3, 0.4) is 0 Å². The van der Waals surface area contributed by atoms with Gasteiger partial charge in [-0.25, -0.2) is 9.59 Å². The van der Waals surface area contributed by atoms with Crippen LogP contribution in [0.2, 0.25) is 0 Å². The zero-order valence-electron chi connectivity index (χ0n) is 22.0. The van der Waals surface area contributed by atoms with Crippen LogP contribution >= 0.6 is 0 Å². The lowest BCUT2D eigenvalue weighted by Gasteiger charge is -2.21. The van der Waals surface area contributed by atoms with E-state index in [0.717, 1.165) is 17.5 Å². The summed E-state index contributed by atoms with van der Waals surface area (Å²) < 4.78 is 21.1. The second-order valence-corrected chi connectivity index (χ2v) is 9.12. The summed E-state index contributed by atoms with van der Waals surface area (Å²) in [6.45, 7) is 15.3. The third-order valence-electron chi connectivity index (χ3n) is 5.51. The van der Waals surface area contributed by atoms with Gasteiger partial charge in [-0.1, -0.05) is 44.3 Å². The minimum Gasteiger partial charge on any atom is -0.461 e. The van der Waals surface area contributed by atoms with Crippen molar-refractivity contribution in [1.29, 1.82) is 0 Å². The van der Waals surface area contributed by atoms with Crippen molar-refractivity contribution in [3.63, 3.8) is 0 Å². The highest BCUT2D eigenvalue weighted by atomic mass is 16.6. The molecule has 0 aromatic heterocycles. The molecule has 0 aliphatic rings. The van der Waals surface area contributed by atoms with Crippen LogP contribution in [0.1, 0.15) is 51.7 Å². The monoisotopic (exact) mass is 512 g/mol. The number of esters is 2. The summed E-state index contributed by atoms with van der Waals surface area (Å²) in [5, 5.41) is 20.3. The molecule has 0 saturated heterocycles. The zero-order chi connectivity index (χ0) is 27.7. The number of aliphatic hydroxyl groups excluding tert-OH is 2. The van der Waals surface area contributed by atoms with Gasteiger partial charge >= 0.3 is 11.9 Å². The molecule has 0 saturated carbocycles. The average molecular weight is 513 g/mol. The van der Waals surface area contributed by atoms with E-state index >= 15 is 0 Å². The second kappa shape index (κ2) is 13.6. The molecule has 0 radical (unpaired) electrons. The summed E-state index contributed by atoms with van der Waals surface area (Å²) in [5.41, 5.74) is 2.63. The first kappa shape index (κ1) is 29.6. The van der Waals surface area contributed by atoms with Crippen molar-refractivity contribution in [2.45, 2.75) is 71.7 Å². The molecule has 2 aromatic carbocycles. The maximum Gasteiger partial charge on any atom is 0.333 e. The molecule has 5 unspecified atom stereocenters. The van der Waals surface area contributed by atoms with Crippen molar-refractivity contribution in [3.8, 4) is 11.5 Å². The first-order valence-electron chi connectivity index (χ1n) is 12.0. The van der Waals surface area contributed by atoms with Crippen molar-refractivity contribution >= 4 is 11.9 Å². The number of ether oxygens (including phenoxy) is 4. The Morgan fingerprint density at radius 2 is 1.11 bits per heavy atom. The van der Waals surface area contributed by atoms with Crippen molar-refractivity contribution in [2.75, 3.05) is 0 Å². The molecule has 5 atom stereocenters. The Morgan fingerprint density at radius 3 is 1.49 bits per heavy atom. The second-order valence-electron chi connectivity index (χ2n) is 9.12. The topological polar surface area (TPSA) is 112 Å². The van der Waals surface area contributed by atoms with Gasteiger partial charge in [0.1, 0.15) is 11.5 Å². The zero-order valence-corrected chi connectivity index (χ0v) is 22.0. The van der Waals surface area contributed by atoms with Crippen LogP contribution in [-0.2, 0) is 25.5 Å². The summed E-state index contributed by atoms with van der Waals surface area (Å²) in [5.74, 6) is -0.0914. The largest absolute Gasteiger partial charge is 0.461 e. The lowest BCUT2D eigenvalue weighted by Crippen LogP contribution is -2.33. The molecule has 2 rings (SSSR count). The molecular weight excluding hydrogens is 476 g/mol. The molecule has 8 nitrogen and oxygen atoms in total. The highest BCUT2D eigenvalue weighted by Gasteiger charge is 2.22. The van der Waals surface area contributed by atoms with E-state index in [1.807, 2.05) is 24.3 Å². The van der Waals surface area contributed by atoms with Crippen LogP contribution in [0.25, 0.3) is 0 Å². The van der Waals surface area contributed by atoms with Gasteiger partial charge in [-0.15, -0.1) is 0 Å². The first-order chi connectivity index (χ1) is 17.4. The molecule has 0 fully saturated rings. The van der Waals surface area contributed by atoms with E-state index < -0.39 is 36.7 Å². The Morgan fingerprint density at radius 1 is 0.730 bits per heavy atom. The number of hydrogen-bond acceptors (Lipinski definition) is 8. The lowest BCUT2D eigenvalue weighted by atomic mass is 9.94.